The first-order valence-corrected chi connectivity index (χ1v) is 5.37. The van der Waals surface area contributed by atoms with Crippen molar-refractivity contribution in [2.45, 2.75) is 26.4 Å². The first kappa shape index (κ1) is 13.0. The fourth-order valence-electron chi connectivity index (χ4n) is 1.42. The maximum absolute atomic E-state index is 11.2. The number of aryl methyl sites for hydroxylation is 2. The second-order valence-electron chi connectivity index (χ2n) is 3.45. The zero-order valence-corrected chi connectivity index (χ0v) is 10.3. The molecule has 0 spiro atoms. The molecule has 1 N–H and O–H groups in total. The van der Waals surface area contributed by atoms with Gasteiger partial charge in [-0.05, 0) is 13.8 Å². The van der Waals surface area contributed by atoms with Crippen LogP contribution in [0.5, 0.6) is 0 Å². The third-order valence-electron chi connectivity index (χ3n) is 2.23. The van der Waals surface area contributed by atoms with Crippen LogP contribution in [0.2, 0.25) is 5.15 Å². The molecule has 0 bridgehead atoms. The molecule has 0 aliphatic heterocycles. The highest BCUT2D eigenvalue weighted by Crippen LogP contribution is 2.20. The molecule has 0 amide bonds. The number of aromatic nitrogens is 2. The Labute approximate surface area is 99.0 Å². The summed E-state index contributed by atoms with van der Waals surface area (Å²) in [5, 5.41) is 14.1. The normalized spacial score (nSPS) is 12.6. The number of hydrogen-bond donors (Lipinski definition) is 1. The molecule has 1 heterocycles. The summed E-state index contributed by atoms with van der Waals surface area (Å²) >= 11 is 5.98. The Bertz CT molecular complexity index is 390. The maximum Gasteiger partial charge on any atom is 0.335 e. The summed E-state index contributed by atoms with van der Waals surface area (Å²) in [4.78, 5) is 11.2. The van der Waals surface area contributed by atoms with Gasteiger partial charge in [0.25, 0.3) is 0 Å². The van der Waals surface area contributed by atoms with Crippen molar-refractivity contribution in [2.24, 2.45) is 7.05 Å². The van der Waals surface area contributed by atoms with Crippen molar-refractivity contribution in [1.82, 2.24) is 9.78 Å². The number of carbonyl (C=O) groups excluding carboxylic acids is 1. The Morgan fingerprint density at radius 3 is 2.75 bits per heavy atom. The van der Waals surface area contributed by atoms with E-state index in [1.807, 2.05) is 0 Å². The van der Waals surface area contributed by atoms with E-state index in [0.717, 1.165) is 0 Å². The van der Waals surface area contributed by atoms with Gasteiger partial charge in [0.15, 0.2) is 6.10 Å². The zero-order valence-electron chi connectivity index (χ0n) is 9.53. The van der Waals surface area contributed by atoms with Gasteiger partial charge in [0.2, 0.25) is 0 Å². The Kier molecular flexibility index (Phi) is 4.32. The summed E-state index contributed by atoms with van der Waals surface area (Å²) in [5.41, 5.74) is 1.38. The Morgan fingerprint density at radius 1 is 1.69 bits per heavy atom. The monoisotopic (exact) mass is 246 g/mol. The number of carbonyl (C=O) groups is 1. The quantitative estimate of drug-likeness (QED) is 0.800. The van der Waals surface area contributed by atoms with Crippen molar-refractivity contribution in [3.63, 3.8) is 0 Å². The minimum atomic E-state index is -1.19. The van der Waals surface area contributed by atoms with Gasteiger partial charge < -0.3 is 9.84 Å². The highest BCUT2D eigenvalue weighted by Gasteiger charge is 2.21. The van der Waals surface area contributed by atoms with Crippen molar-refractivity contribution < 1.29 is 14.6 Å². The minimum Gasteiger partial charge on any atom is -0.464 e. The van der Waals surface area contributed by atoms with Crippen molar-refractivity contribution in [2.75, 3.05) is 6.61 Å². The summed E-state index contributed by atoms with van der Waals surface area (Å²) in [6.07, 6.45) is -1.07. The van der Waals surface area contributed by atoms with Crippen LogP contribution >= 0.6 is 11.6 Å². The molecule has 0 aliphatic carbocycles. The summed E-state index contributed by atoms with van der Waals surface area (Å²) in [6, 6.07) is 0. The lowest BCUT2D eigenvalue weighted by Gasteiger charge is -2.09. The summed E-state index contributed by atoms with van der Waals surface area (Å²) in [7, 11) is 1.70. The van der Waals surface area contributed by atoms with Crippen LogP contribution in [-0.4, -0.2) is 33.6 Å². The van der Waals surface area contributed by atoms with Crippen LogP contribution in [0, 0.1) is 6.92 Å². The van der Waals surface area contributed by atoms with E-state index in [2.05, 4.69) is 5.10 Å². The lowest BCUT2D eigenvalue weighted by atomic mass is 10.1. The molecule has 1 rings (SSSR count). The zero-order chi connectivity index (χ0) is 12.3. The number of aliphatic hydroxyl groups excluding tert-OH is 1. The molecular weight excluding hydrogens is 232 g/mol. The highest BCUT2D eigenvalue weighted by atomic mass is 35.5. The van der Waals surface area contributed by atoms with Gasteiger partial charge in [-0.1, -0.05) is 11.6 Å². The van der Waals surface area contributed by atoms with Gasteiger partial charge >= 0.3 is 5.97 Å². The van der Waals surface area contributed by atoms with Crippen LogP contribution in [0.1, 0.15) is 18.2 Å². The van der Waals surface area contributed by atoms with Gasteiger partial charge in [-0.2, -0.15) is 5.10 Å². The van der Waals surface area contributed by atoms with E-state index in [1.54, 1.807) is 20.9 Å². The maximum atomic E-state index is 11.2. The van der Waals surface area contributed by atoms with Crippen LogP contribution in [0.15, 0.2) is 0 Å². The van der Waals surface area contributed by atoms with E-state index >= 15 is 0 Å². The molecular formula is C10H15ClN2O3. The van der Waals surface area contributed by atoms with Gasteiger partial charge in [0, 0.05) is 19.0 Å². The third kappa shape index (κ3) is 2.74. The van der Waals surface area contributed by atoms with Gasteiger partial charge in [-0.15, -0.1) is 0 Å². The molecule has 1 atom stereocenters. The molecule has 5 nitrogen and oxygen atoms in total. The number of esters is 1. The lowest BCUT2D eigenvalue weighted by molar-refractivity contribution is -0.152. The molecule has 16 heavy (non-hydrogen) atoms. The lowest BCUT2D eigenvalue weighted by Crippen LogP contribution is -2.25. The van der Waals surface area contributed by atoms with Crippen molar-refractivity contribution in [3.05, 3.63) is 16.4 Å². The predicted octanol–water partition coefficient (Wildman–Crippen LogP) is 0.848. The Hall–Kier alpha value is -1.07. The number of aliphatic hydroxyl groups is 1. The van der Waals surface area contributed by atoms with Crippen molar-refractivity contribution in [1.29, 1.82) is 0 Å². The first-order chi connectivity index (χ1) is 7.47. The molecule has 0 fully saturated rings. The minimum absolute atomic E-state index is 0.122. The number of ether oxygens (including phenoxy) is 1. The van der Waals surface area contributed by atoms with Crippen LogP contribution < -0.4 is 0 Å². The van der Waals surface area contributed by atoms with Gasteiger partial charge in [0.05, 0.1) is 12.3 Å². The highest BCUT2D eigenvalue weighted by molar-refractivity contribution is 6.30. The van der Waals surface area contributed by atoms with E-state index < -0.39 is 12.1 Å². The van der Waals surface area contributed by atoms with E-state index in [1.165, 1.54) is 4.68 Å². The summed E-state index contributed by atoms with van der Waals surface area (Å²) in [5.74, 6) is -0.637. The molecule has 0 aromatic carbocycles. The van der Waals surface area contributed by atoms with E-state index in [9.17, 15) is 9.90 Å². The molecule has 0 saturated heterocycles. The van der Waals surface area contributed by atoms with E-state index in [-0.39, 0.29) is 13.0 Å². The molecule has 1 unspecified atom stereocenters. The van der Waals surface area contributed by atoms with E-state index in [4.69, 9.17) is 16.3 Å². The average molecular weight is 247 g/mol. The third-order valence-corrected chi connectivity index (χ3v) is 2.70. The van der Waals surface area contributed by atoms with Gasteiger partial charge in [-0.3, -0.25) is 4.68 Å². The second-order valence-corrected chi connectivity index (χ2v) is 3.81. The SMILES string of the molecule is CCOC(=O)C(O)Cc1c(C)nn(C)c1Cl. The van der Waals surface area contributed by atoms with Crippen molar-refractivity contribution >= 4 is 17.6 Å². The molecule has 1 aromatic rings. The average Bonchev–Trinajstić information content (AvgIpc) is 2.45. The molecule has 0 saturated carbocycles. The van der Waals surface area contributed by atoms with Gasteiger partial charge in [-0.25, -0.2) is 4.79 Å². The summed E-state index contributed by atoms with van der Waals surface area (Å²) in [6.45, 7) is 3.71. The van der Waals surface area contributed by atoms with Crippen molar-refractivity contribution in [3.8, 4) is 0 Å². The van der Waals surface area contributed by atoms with Crippen LogP contribution in [0.25, 0.3) is 0 Å². The molecule has 6 heteroatoms. The van der Waals surface area contributed by atoms with Crippen LogP contribution in [0.3, 0.4) is 0 Å². The topological polar surface area (TPSA) is 64.3 Å². The van der Waals surface area contributed by atoms with E-state index in [0.29, 0.717) is 16.4 Å². The number of hydrogen-bond acceptors (Lipinski definition) is 4. The number of rotatable bonds is 4. The fraction of sp³-hybridized carbons (Fsp3) is 0.600. The largest absolute Gasteiger partial charge is 0.464 e. The number of halogens is 1. The fourth-order valence-corrected chi connectivity index (χ4v) is 1.67. The summed E-state index contributed by atoms with van der Waals surface area (Å²) < 4.78 is 6.21. The number of nitrogens with zero attached hydrogens (tertiary/aromatic N) is 2. The van der Waals surface area contributed by atoms with Crippen LogP contribution in [-0.2, 0) is 23.0 Å². The second kappa shape index (κ2) is 5.32. The molecule has 90 valence electrons. The standard InChI is InChI=1S/C10H15ClN2O3/c1-4-16-10(15)8(14)5-7-6(2)12-13(3)9(7)11/h8,14H,4-5H2,1-3H3. The molecule has 1 aromatic heterocycles. The van der Waals surface area contributed by atoms with Gasteiger partial charge in [0.1, 0.15) is 5.15 Å². The smallest absolute Gasteiger partial charge is 0.335 e. The Balaban J connectivity index is 2.76. The predicted molar refractivity (Wildman–Crippen MR) is 59.3 cm³/mol. The first-order valence-electron chi connectivity index (χ1n) is 5.00. The molecule has 0 radical (unpaired) electrons. The van der Waals surface area contributed by atoms with Crippen LogP contribution in [0.4, 0.5) is 0 Å². The Morgan fingerprint density at radius 2 is 2.31 bits per heavy atom. The molecule has 0 aliphatic rings.